The number of halogens is 1. The maximum Gasteiger partial charge on any atom is 0.309 e. The summed E-state index contributed by atoms with van der Waals surface area (Å²) in [7, 11) is 0. The summed E-state index contributed by atoms with van der Waals surface area (Å²) in [5, 5.41) is 13.8. The lowest BCUT2D eigenvalue weighted by Crippen LogP contribution is -2.62. The minimum Gasteiger partial charge on any atom is -0.481 e. The van der Waals surface area contributed by atoms with Crippen molar-refractivity contribution in [3.63, 3.8) is 0 Å². The van der Waals surface area contributed by atoms with Gasteiger partial charge in [0.25, 0.3) is 0 Å². The smallest absolute Gasteiger partial charge is 0.309 e. The maximum atomic E-state index is 13.1. The molecule has 5 saturated carbocycles. The Kier molecular flexibility index (Phi) is 4.45. The van der Waals surface area contributed by atoms with Gasteiger partial charge in [-0.1, -0.05) is 17.7 Å². The second-order valence-corrected chi connectivity index (χ2v) is 10.6. The van der Waals surface area contributed by atoms with Gasteiger partial charge in [0.2, 0.25) is 5.91 Å². The van der Waals surface area contributed by atoms with Crippen molar-refractivity contribution in [2.24, 2.45) is 23.2 Å². The monoisotopic (exact) mass is 420 g/mol. The van der Waals surface area contributed by atoms with Crippen LogP contribution in [0.4, 0.5) is 0 Å². The number of carbonyl (C=O) groups excluding carboxylic acids is 1. The quantitative estimate of drug-likeness (QED) is 0.609. The van der Waals surface area contributed by atoms with E-state index in [1.165, 1.54) is 11.9 Å². The minimum absolute atomic E-state index is 0.0730. The molecule has 0 heterocycles. The number of carboxylic acids is 1. The van der Waals surface area contributed by atoms with Crippen molar-refractivity contribution in [3.05, 3.63) is 29.3 Å². The first kappa shape index (κ1) is 18.8. The van der Waals surface area contributed by atoms with E-state index in [1.54, 1.807) is 0 Å². The van der Waals surface area contributed by atoms with Crippen LogP contribution in [0.3, 0.4) is 0 Å². The average molecular weight is 421 g/mol. The van der Waals surface area contributed by atoms with Crippen LogP contribution in [-0.2, 0) is 9.59 Å². The van der Waals surface area contributed by atoms with Gasteiger partial charge in [-0.3, -0.25) is 9.59 Å². The second kappa shape index (κ2) is 6.64. The third-order valence-corrected chi connectivity index (χ3v) is 8.59. The average Bonchev–Trinajstić information content (AvgIpc) is 3.44. The fraction of sp³-hybridized carbons (Fsp3) is 0.619. The Morgan fingerprint density at radius 2 is 1.86 bits per heavy atom. The molecule has 0 radical (unpaired) electrons. The number of carboxylic acid groups (broad SMARTS) is 1. The number of hydrogen-bond acceptors (Lipinski definition) is 4. The van der Waals surface area contributed by atoms with Gasteiger partial charge in [0.15, 0.2) is 0 Å². The van der Waals surface area contributed by atoms with E-state index in [-0.39, 0.29) is 11.9 Å². The van der Waals surface area contributed by atoms with E-state index in [2.05, 4.69) is 10.0 Å². The number of nitrogens with one attached hydrogen (secondary N) is 2. The fourth-order valence-corrected chi connectivity index (χ4v) is 7.20. The molecular formula is C21H25ClN2O3S. The van der Waals surface area contributed by atoms with E-state index in [9.17, 15) is 14.7 Å². The second-order valence-electron chi connectivity index (χ2n) is 9.30. The van der Waals surface area contributed by atoms with Crippen LogP contribution in [-0.4, -0.2) is 28.6 Å². The molecule has 4 bridgehead atoms. The molecule has 1 amide bonds. The molecule has 3 N–H and O–H groups in total. The number of rotatable bonds is 6. The molecule has 1 aromatic rings. The highest BCUT2D eigenvalue weighted by Gasteiger charge is 2.60. The van der Waals surface area contributed by atoms with Crippen molar-refractivity contribution in [1.82, 2.24) is 10.0 Å². The summed E-state index contributed by atoms with van der Waals surface area (Å²) in [6.07, 6.45) is 6.06. The third-order valence-electron chi connectivity index (χ3n) is 7.37. The highest BCUT2D eigenvalue weighted by molar-refractivity contribution is 7.97. The normalized spacial score (nSPS) is 36.9. The van der Waals surface area contributed by atoms with Crippen LogP contribution in [0.5, 0.6) is 0 Å². The van der Waals surface area contributed by atoms with Crippen molar-refractivity contribution in [3.8, 4) is 0 Å². The summed E-state index contributed by atoms with van der Waals surface area (Å²) in [6.45, 7) is 0. The van der Waals surface area contributed by atoms with Gasteiger partial charge in [-0.15, -0.1) is 0 Å². The Morgan fingerprint density at radius 3 is 2.46 bits per heavy atom. The number of carbonyl (C=O) groups is 2. The van der Waals surface area contributed by atoms with Gasteiger partial charge >= 0.3 is 5.97 Å². The molecule has 0 spiro atoms. The SMILES string of the molecule is O=C(O)C12CC3CC(C1)C(NC(=O)C1(NSc4cccc(Cl)c4)CC1)C(C3)C2. The molecule has 0 saturated heterocycles. The van der Waals surface area contributed by atoms with E-state index in [0.717, 1.165) is 49.8 Å². The van der Waals surface area contributed by atoms with E-state index in [4.69, 9.17) is 11.6 Å². The van der Waals surface area contributed by atoms with Gasteiger partial charge in [0, 0.05) is 16.0 Å². The largest absolute Gasteiger partial charge is 0.481 e. The molecule has 0 aliphatic heterocycles. The predicted molar refractivity (Wildman–Crippen MR) is 108 cm³/mol. The zero-order valence-corrected chi connectivity index (χ0v) is 17.2. The van der Waals surface area contributed by atoms with E-state index < -0.39 is 16.9 Å². The summed E-state index contributed by atoms with van der Waals surface area (Å²) in [5.74, 6) is 0.581. The highest BCUT2D eigenvalue weighted by Crippen LogP contribution is 2.60. The number of benzene rings is 1. The van der Waals surface area contributed by atoms with Crippen molar-refractivity contribution < 1.29 is 14.7 Å². The molecule has 2 atom stereocenters. The molecule has 5 aliphatic carbocycles. The predicted octanol–water partition coefficient (Wildman–Crippen LogP) is 3.87. The van der Waals surface area contributed by atoms with Crippen LogP contribution in [0.15, 0.2) is 29.2 Å². The molecule has 150 valence electrons. The summed E-state index contributed by atoms with van der Waals surface area (Å²) in [6, 6.07) is 7.73. The van der Waals surface area contributed by atoms with Crippen LogP contribution < -0.4 is 10.0 Å². The molecule has 5 aliphatic rings. The molecule has 28 heavy (non-hydrogen) atoms. The van der Waals surface area contributed by atoms with Gasteiger partial charge in [0.05, 0.1) is 5.41 Å². The summed E-state index contributed by atoms with van der Waals surface area (Å²) < 4.78 is 3.36. The number of aliphatic carboxylic acids is 1. The minimum atomic E-state index is -0.630. The fourth-order valence-electron chi connectivity index (χ4n) is 6.00. The standard InChI is InChI=1S/C21H25ClN2O3S/c22-15-2-1-3-16(8-15)28-24-21(4-5-21)18(25)23-17-13-6-12-7-14(17)11-20(9-12,10-13)19(26)27/h1-3,8,12-14,17,24H,4-7,9-11H2,(H,23,25)(H,26,27). The van der Waals surface area contributed by atoms with Crippen molar-refractivity contribution in [2.75, 3.05) is 0 Å². The van der Waals surface area contributed by atoms with Crippen molar-refractivity contribution >= 4 is 35.4 Å². The summed E-state index contributed by atoms with van der Waals surface area (Å²) >= 11 is 7.50. The maximum absolute atomic E-state index is 13.1. The Morgan fingerprint density at radius 1 is 1.14 bits per heavy atom. The molecule has 7 heteroatoms. The van der Waals surface area contributed by atoms with Gasteiger partial charge in [0.1, 0.15) is 5.54 Å². The van der Waals surface area contributed by atoms with Gasteiger partial charge in [-0.25, -0.2) is 4.72 Å². The molecular weight excluding hydrogens is 396 g/mol. The van der Waals surface area contributed by atoms with E-state index in [1.807, 2.05) is 24.3 Å². The van der Waals surface area contributed by atoms with Gasteiger partial charge in [-0.05, 0) is 92.8 Å². The zero-order valence-electron chi connectivity index (χ0n) is 15.6. The van der Waals surface area contributed by atoms with E-state index >= 15 is 0 Å². The number of hydrogen-bond donors (Lipinski definition) is 3. The van der Waals surface area contributed by atoms with Crippen molar-refractivity contribution in [1.29, 1.82) is 0 Å². The topological polar surface area (TPSA) is 78.4 Å². The highest BCUT2D eigenvalue weighted by atomic mass is 35.5. The van der Waals surface area contributed by atoms with Crippen LogP contribution in [0.1, 0.15) is 44.9 Å². The van der Waals surface area contributed by atoms with Crippen molar-refractivity contribution in [2.45, 2.75) is 61.4 Å². The van der Waals surface area contributed by atoms with E-state index in [0.29, 0.717) is 22.8 Å². The molecule has 5 nitrogen and oxygen atoms in total. The first-order valence-electron chi connectivity index (χ1n) is 10.1. The summed E-state index contributed by atoms with van der Waals surface area (Å²) in [5.41, 5.74) is -1.04. The Bertz CT molecular complexity index is 812. The summed E-state index contributed by atoms with van der Waals surface area (Å²) in [4.78, 5) is 26.0. The first-order chi connectivity index (χ1) is 13.4. The third kappa shape index (κ3) is 3.14. The van der Waals surface area contributed by atoms with Crippen LogP contribution in [0, 0.1) is 23.2 Å². The lowest BCUT2D eigenvalue weighted by molar-refractivity contribution is -0.167. The lowest BCUT2D eigenvalue weighted by Gasteiger charge is -2.58. The Hall–Kier alpha value is -1.24. The molecule has 2 unspecified atom stereocenters. The Labute approximate surface area is 174 Å². The van der Waals surface area contributed by atoms with Gasteiger partial charge in [-0.2, -0.15) is 0 Å². The van der Waals surface area contributed by atoms with Crippen LogP contribution in [0.2, 0.25) is 5.02 Å². The number of amides is 1. The molecule has 1 aromatic carbocycles. The Balaban J connectivity index is 1.24. The zero-order chi connectivity index (χ0) is 19.5. The molecule has 0 aromatic heterocycles. The first-order valence-corrected chi connectivity index (χ1v) is 11.3. The molecule has 5 fully saturated rings. The van der Waals surface area contributed by atoms with Crippen LogP contribution >= 0.6 is 23.5 Å². The molecule has 6 rings (SSSR count). The van der Waals surface area contributed by atoms with Gasteiger partial charge < -0.3 is 10.4 Å². The lowest BCUT2D eigenvalue weighted by atomic mass is 9.48. The van der Waals surface area contributed by atoms with Crippen LogP contribution in [0.25, 0.3) is 0 Å².